The Kier molecular flexibility index (Phi) is 1.98. The van der Waals surface area contributed by atoms with Crippen LogP contribution in [0.1, 0.15) is 5.69 Å². The van der Waals surface area contributed by atoms with E-state index in [4.69, 9.17) is 5.73 Å². The van der Waals surface area contributed by atoms with Gasteiger partial charge < -0.3 is 5.73 Å². The summed E-state index contributed by atoms with van der Waals surface area (Å²) in [6.45, 7) is 1.96. The van der Waals surface area contributed by atoms with E-state index in [9.17, 15) is 0 Å². The van der Waals surface area contributed by atoms with E-state index in [2.05, 4.69) is 9.97 Å². The molecule has 0 aliphatic heterocycles. The van der Waals surface area contributed by atoms with E-state index in [0.717, 1.165) is 17.1 Å². The molecule has 0 saturated heterocycles. The van der Waals surface area contributed by atoms with Gasteiger partial charge in [-0.1, -0.05) is 6.07 Å². The summed E-state index contributed by atoms with van der Waals surface area (Å²) >= 11 is 1.43. The van der Waals surface area contributed by atoms with Crippen LogP contribution in [-0.4, -0.2) is 9.97 Å². The highest BCUT2D eigenvalue weighted by Crippen LogP contribution is 2.20. The molecule has 0 aliphatic carbocycles. The third kappa shape index (κ3) is 1.67. The Hall–Kier alpha value is -1.42. The van der Waals surface area contributed by atoms with Gasteiger partial charge in [-0.25, -0.2) is 4.98 Å². The van der Waals surface area contributed by atoms with Crippen molar-refractivity contribution in [2.75, 3.05) is 5.73 Å². The van der Waals surface area contributed by atoms with E-state index < -0.39 is 0 Å². The average molecular weight is 191 g/mol. The summed E-state index contributed by atoms with van der Waals surface area (Å²) in [7, 11) is 0. The number of hydrogen-bond acceptors (Lipinski definition) is 4. The minimum Gasteiger partial charge on any atom is -0.375 e. The van der Waals surface area contributed by atoms with Gasteiger partial charge in [0.2, 0.25) is 0 Å². The Balaban J connectivity index is 2.46. The number of pyridine rings is 1. The minimum absolute atomic E-state index is 0.582. The second kappa shape index (κ2) is 3.14. The predicted octanol–water partition coefficient (Wildman–Crippen LogP) is 2.10. The second-order valence-corrected chi connectivity index (χ2v) is 3.62. The molecule has 13 heavy (non-hydrogen) atoms. The molecule has 2 aromatic rings. The molecule has 66 valence electrons. The molecule has 0 atom stereocenters. The maximum absolute atomic E-state index is 5.53. The fourth-order valence-electron chi connectivity index (χ4n) is 1.09. The van der Waals surface area contributed by atoms with Gasteiger partial charge >= 0.3 is 0 Å². The molecule has 0 aromatic carbocycles. The van der Waals surface area contributed by atoms with Crippen LogP contribution in [0.5, 0.6) is 0 Å². The summed E-state index contributed by atoms with van der Waals surface area (Å²) in [5.41, 5.74) is 8.26. The summed E-state index contributed by atoms with van der Waals surface area (Å²) in [5.74, 6) is 0. The standard InChI is InChI=1S/C9H9N3S/c1-6-3-2-4-7(11-6)8-5-13-9(10)12-8/h2-5H,1H3,(H2,10,12). The Morgan fingerprint density at radius 3 is 2.69 bits per heavy atom. The van der Waals surface area contributed by atoms with Gasteiger partial charge in [-0.3, -0.25) is 4.98 Å². The number of nitrogens with zero attached hydrogens (tertiary/aromatic N) is 2. The van der Waals surface area contributed by atoms with Crippen molar-refractivity contribution in [1.82, 2.24) is 9.97 Å². The Morgan fingerprint density at radius 2 is 2.08 bits per heavy atom. The van der Waals surface area contributed by atoms with Crippen molar-refractivity contribution in [2.45, 2.75) is 6.92 Å². The molecule has 2 rings (SSSR count). The molecule has 4 heteroatoms. The van der Waals surface area contributed by atoms with Crippen molar-refractivity contribution in [3.8, 4) is 11.4 Å². The van der Waals surface area contributed by atoms with Gasteiger partial charge in [0.05, 0.1) is 5.69 Å². The molecule has 0 aliphatic rings. The minimum atomic E-state index is 0.582. The van der Waals surface area contributed by atoms with E-state index >= 15 is 0 Å². The van der Waals surface area contributed by atoms with Crippen molar-refractivity contribution in [1.29, 1.82) is 0 Å². The molecule has 2 heterocycles. The highest BCUT2D eigenvalue weighted by molar-refractivity contribution is 7.13. The van der Waals surface area contributed by atoms with Crippen LogP contribution in [0.3, 0.4) is 0 Å². The number of aromatic nitrogens is 2. The molecule has 2 N–H and O–H groups in total. The zero-order valence-corrected chi connectivity index (χ0v) is 8.01. The molecular weight excluding hydrogens is 182 g/mol. The number of rotatable bonds is 1. The molecule has 0 saturated carbocycles. The number of nitrogen functional groups attached to an aromatic ring is 1. The fourth-order valence-corrected chi connectivity index (χ4v) is 1.65. The van der Waals surface area contributed by atoms with Crippen LogP contribution in [0.15, 0.2) is 23.6 Å². The predicted molar refractivity (Wildman–Crippen MR) is 54.5 cm³/mol. The highest BCUT2D eigenvalue weighted by Gasteiger charge is 2.02. The zero-order chi connectivity index (χ0) is 9.26. The van der Waals surface area contributed by atoms with E-state index in [-0.39, 0.29) is 0 Å². The summed E-state index contributed by atoms with van der Waals surface area (Å²) in [6, 6.07) is 5.86. The number of anilines is 1. The van der Waals surface area contributed by atoms with Crippen LogP contribution in [0, 0.1) is 6.92 Å². The van der Waals surface area contributed by atoms with Crippen LogP contribution in [0.25, 0.3) is 11.4 Å². The highest BCUT2D eigenvalue weighted by atomic mass is 32.1. The first-order valence-electron chi connectivity index (χ1n) is 3.91. The van der Waals surface area contributed by atoms with E-state index in [1.54, 1.807) is 0 Å². The second-order valence-electron chi connectivity index (χ2n) is 2.74. The normalized spacial score (nSPS) is 10.2. The SMILES string of the molecule is Cc1cccc(-c2csc(N)n2)n1. The van der Waals surface area contributed by atoms with Gasteiger partial charge in [-0.05, 0) is 19.1 Å². The van der Waals surface area contributed by atoms with E-state index in [1.165, 1.54) is 11.3 Å². The van der Waals surface area contributed by atoms with Gasteiger partial charge in [0.1, 0.15) is 5.69 Å². The van der Waals surface area contributed by atoms with Crippen molar-refractivity contribution in [3.63, 3.8) is 0 Å². The first-order valence-corrected chi connectivity index (χ1v) is 4.79. The van der Waals surface area contributed by atoms with E-state index in [0.29, 0.717) is 5.13 Å². The zero-order valence-electron chi connectivity index (χ0n) is 7.19. The maximum atomic E-state index is 5.53. The number of hydrogen-bond donors (Lipinski definition) is 1. The topological polar surface area (TPSA) is 51.8 Å². The largest absolute Gasteiger partial charge is 0.375 e. The lowest BCUT2D eigenvalue weighted by atomic mass is 10.3. The lowest BCUT2D eigenvalue weighted by molar-refractivity contribution is 1.19. The monoisotopic (exact) mass is 191 g/mol. The number of aryl methyl sites for hydroxylation is 1. The maximum Gasteiger partial charge on any atom is 0.180 e. The van der Waals surface area contributed by atoms with E-state index in [1.807, 2.05) is 30.5 Å². The summed E-state index contributed by atoms with van der Waals surface area (Å²) in [4.78, 5) is 8.50. The molecule has 0 fully saturated rings. The molecular formula is C9H9N3S. The third-order valence-electron chi connectivity index (χ3n) is 1.67. The first-order chi connectivity index (χ1) is 6.25. The molecule has 0 bridgehead atoms. The van der Waals surface area contributed by atoms with Gasteiger partial charge in [-0.15, -0.1) is 11.3 Å². The van der Waals surface area contributed by atoms with Crippen molar-refractivity contribution in [3.05, 3.63) is 29.3 Å². The quantitative estimate of drug-likeness (QED) is 0.751. The molecule has 0 spiro atoms. The smallest absolute Gasteiger partial charge is 0.180 e. The van der Waals surface area contributed by atoms with Gasteiger partial charge in [0, 0.05) is 11.1 Å². The van der Waals surface area contributed by atoms with Crippen LogP contribution < -0.4 is 5.73 Å². The Morgan fingerprint density at radius 1 is 1.23 bits per heavy atom. The lowest BCUT2D eigenvalue weighted by Crippen LogP contribution is -1.87. The van der Waals surface area contributed by atoms with Crippen LogP contribution in [0.2, 0.25) is 0 Å². The lowest BCUT2D eigenvalue weighted by Gasteiger charge is -1.96. The van der Waals surface area contributed by atoms with Gasteiger partial charge in [0.15, 0.2) is 5.13 Å². The van der Waals surface area contributed by atoms with Crippen LogP contribution in [-0.2, 0) is 0 Å². The summed E-state index contributed by atoms with van der Waals surface area (Å²) in [6.07, 6.45) is 0. The van der Waals surface area contributed by atoms with Crippen molar-refractivity contribution >= 4 is 16.5 Å². The average Bonchev–Trinajstić information content (AvgIpc) is 2.52. The summed E-state index contributed by atoms with van der Waals surface area (Å²) in [5, 5.41) is 2.50. The van der Waals surface area contributed by atoms with Crippen molar-refractivity contribution in [2.24, 2.45) is 0 Å². The van der Waals surface area contributed by atoms with Crippen molar-refractivity contribution < 1.29 is 0 Å². The van der Waals surface area contributed by atoms with Gasteiger partial charge in [-0.2, -0.15) is 0 Å². The molecule has 0 radical (unpaired) electrons. The third-order valence-corrected chi connectivity index (χ3v) is 2.35. The first kappa shape index (κ1) is 8.19. The number of thiazole rings is 1. The Labute approximate surface area is 80.3 Å². The van der Waals surface area contributed by atoms with Gasteiger partial charge in [0.25, 0.3) is 0 Å². The number of nitrogens with two attached hydrogens (primary N) is 1. The molecule has 2 aromatic heterocycles. The molecule has 0 amide bonds. The van der Waals surface area contributed by atoms with Crippen LogP contribution in [0.4, 0.5) is 5.13 Å². The molecule has 0 unspecified atom stereocenters. The fraction of sp³-hybridized carbons (Fsp3) is 0.111. The van der Waals surface area contributed by atoms with Crippen LogP contribution >= 0.6 is 11.3 Å². The Bertz CT molecular complexity index is 422. The molecule has 3 nitrogen and oxygen atoms in total. The summed E-state index contributed by atoms with van der Waals surface area (Å²) < 4.78 is 0.